The van der Waals surface area contributed by atoms with Gasteiger partial charge in [0.15, 0.2) is 0 Å². The number of rotatable bonds is 7. The minimum atomic E-state index is 0.709. The fourth-order valence-electron chi connectivity index (χ4n) is 1.83. The average molecular weight is 246 g/mol. The van der Waals surface area contributed by atoms with Crippen LogP contribution in [0, 0.1) is 19.3 Å². The van der Waals surface area contributed by atoms with Crippen molar-refractivity contribution >= 4 is 0 Å². The first-order valence-electron chi connectivity index (χ1n) is 6.51. The van der Waals surface area contributed by atoms with Crippen LogP contribution in [-0.4, -0.2) is 13.7 Å². The number of hydrogen-bond donors (Lipinski definition) is 0. The molecular weight excluding hydrogens is 224 g/mol. The van der Waals surface area contributed by atoms with E-state index in [0.29, 0.717) is 6.61 Å². The van der Waals surface area contributed by atoms with Gasteiger partial charge in [0.05, 0.1) is 19.3 Å². The third-order valence-corrected chi connectivity index (χ3v) is 2.91. The summed E-state index contributed by atoms with van der Waals surface area (Å²) >= 11 is 0. The van der Waals surface area contributed by atoms with Gasteiger partial charge in [0.2, 0.25) is 0 Å². The summed E-state index contributed by atoms with van der Waals surface area (Å²) in [4.78, 5) is 0. The second kappa shape index (κ2) is 7.66. The van der Waals surface area contributed by atoms with Crippen LogP contribution in [0.15, 0.2) is 12.1 Å². The number of hydrogen-bond acceptors (Lipinski definition) is 2. The highest BCUT2D eigenvalue weighted by molar-refractivity contribution is 5.52. The summed E-state index contributed by atoms with van der Waals surface area (Å²) in [6.07, 6.45) is 10.2. The molecule has 1 aromatic rings. The Balaban J connectivity index is 2.66. The van der Waals surface area contributed by atoms with Gasteiger partial charge in [-0.25, -0.2) is 0 Å². The summed E-state index contributed by atoms with van der Waals surface area (Å²) < 4.78 is 11.0. The molecule has 0 heterocycles. The second-order valence-corrected chi connectivity index (χ2v) is 4.37. The lowest BCUT2D eigenvalue weighted by molar-refractivity contribution is 0.302. The van der Waals surface area contributed by atoms with E-state index in [-0.39, 0.29) is 0 Å². The quantitative estimate of drug-likeness (QED) is 0.536. The minimum absolute atomic E-state index is 0.709. The molecule has 0 spiro atoms. The fourth-order valence-corrected chi connectivity index (χ4v) is 1.83. The van der Waals surface area contributed by atoms with E-state index in [9.17, 15) is 0 Å². The maximum atomic E-state index is 5.75. The maximum Gasteiger partial charge on any atom is 0.138 e. The van der Waals surface area contributed by atoms with E-state index in [1.54, 1.807) is 7.11 Å². The van der Waals surface area contributed by atoms with Crippen molar-refractivity contribution < 1.29 is 9.47 Å². The first-order valence-corrected chi connectivity index (χ1v) is 6.51. The molecule has 0 saturated carbocycles. The molecule has 2 heteroatoms. The van der Waals surface area contributed by atoms with Crippen molar-refractivity contribution in [3.63, 3.8) is 0 Å². The van der Waals surface area contributed by atoms with Crippen molar-refractivity contribution in [1.29, 1.82) is 0 Å². The van der Waals surface area contributed by atoms with Crippen LogP contribution >= 0.6 is 0 Å². The van der Waals surface area contributed by atoms with Gasteiger partial charge >= 0.3 is 0 Å². The maximum absolute atomic E-state index is 5.75. The van der Waals surface area contributed by atoms with Gasteiger partial charge in [-0.05, 0) is 25.0 Å². The Hall–Kier alpha value is -1.62. The predicted octanol–water partition coefficient (Wildman–Crippen LogP) is 3.94. The number of aryl methyl sites for hydroxylation is 1. The van der Waals surface area contributed by atoms with Crippen molar-refractivity contribution in [1.82, 2.24) is 0 Å². The van der Waals surface area contributed by atoms with Crippen molar-refractivity contribution in [3.8, 4) is 23.8 Å². The Labute approximate surface area is 110 Å². The highest BCUT2D eigenvalue weighted by Crippen LogP contribution is 2.28. The zero-order valence-electron chi connectivity index (χ0n) is 11.6. The third kappa shape index (κ3) is 4.00. The molecule has 0 atom stereocenters. The number of benzene rings is 1. The molecule has 0 radical (unpaired) electrons. The van der Waals surface area contributed by atoms with Gasteiger partial charge in [0, 0.05) is 6.07 Å². The Morgan fingerprint density at radius 3 is 2.56 bits per heavy atom. The Morgan fingerprint density at radius 1 is 1.17 bits per heavy atom. The largest absolute Gasteiger partial charge is 0.496 e. The van der Waals surface area contributed by atoms with Crippen LogP contribution in [0.5, 0.6) is 11.5 Å². The number of terminal acetylenes is 1. The SMILES string of the molecule is C#Cc1cc(C)c(OC)cc1OCCCCCC. The van der Waals surface area contributed by atoms with E-state index in [0.717, 1.165) is 29.0 Å². The van der Waals surface area contributed by atoms with Crippen LogP contribution in [0.25, 0.3) is 0 Å². The Kier molecular flexibility index (Phi) is 6.14. The van der Waals surface area contributed by atoms with Gasteiger partial charge in [-0.3, -0.25) is 0 Å². The van der Waals surface area contributed by atoms with E-state index < -0.39 is 0 Å². The Bertz CT molecular complexity index is 416. The molecule has 0 aliphatic heterocycles. The molecular formula is C16H22O2. The highest BCUT2D eigenvalue weighted by atomic mass is 16.5. The van der Waals surface area contributed by atoms with Crippen molar-refractivity contribution in [2.24, 2.45) is 0 Å². The van der Waals surface area contributed by atoms with Gasteiger partial charge in [-0.1, -0.05) is 32.1 Å². The second-order valence-electron chi connectivity index (χ2n) is 4.37. The topological polar surface area (TPSA) is 18.5 Å². The first kappa shape index (κ1) is 14.4. The summed E-state index contributed by atoms with van der Waals surface area (Å²) in [7, 11) is 1.66. The zero-order valence-corrected chi connectivity index (χ0v) is 11.6. The van der Waals surface area contributed by atoms with Crippen LogP contribution in [0.2, 0.25) is 0 Å². The summed E-state index contributed by atoms with van der Waals surface area (Å²) in [6, 6.07) is 3.81. The molecule has 1 rings (SSSR count). The average Bonchev–Trinajstić information content (AvgIpc) is 2.39. The summed E-state index contributed by atoms with van der Waals surface area (Å²) in [5.74, 6) is 4.22. The lowest BCUT2D eigenvalue weighted by Crippen LogP contribution is -2.00. The van der Waals surface area contributed by atoms with E-state index in [1.165, 1.54) is 19.3 Å². The van der Waals surface area contributed by atoms with Crippen LogP contribution in [0.1, 0.15) is 43.7 Å². The number of ether oxygens (including phenoxy) is 2. The smallest absolute Gasteiger partial charge is 0.138 e. The Morgan fingerprint density at radius 2 is 1.94 bits per heavy atom. The standard InChI is InChI=1S/C16H22O2/c1-5-7-8-9-10-18-16-12-15(17-4)13(3)11-14(16)6-2/h2,11-12H,5,7-10H2,1,3-4H3. The molecule has 18 heavy (non-hydrogen) atoms. The van der Waals surface area contributed by atoms with Gasteiger partial charge in [0.1, 0.15) is 11.5 Å². The number of unbranched alkanes of at least 4 members (excludes halogenated alkanes) is 3. The molecule has 2 nitrogen and oxygen atoms in total. The van der Waals surface area contributed by atoms with Crippen LogP contribution in [-0.2, 0) is 0 Å². The fraction of sp³-hybridized carbons (Fsp3) is 0.500. The van der Waals surface area contributed by atoms with Gasteiger partial charge in [-0.15, -0.1) is 6.42 Å². The summed E-state index contributed by atoms with van der Waals surface area (Å²) in [5.41, 5.74) is 1.83. The third-order valence-electron chi connectivity index (χ3n) is 2.91. The van der Waals surface area contributed by atoms with Crippen LogP contribution in [0.4, 0.5) is 0 Å². The monoisotopic (exact) mass is 246 g/mol. The zero-order chi connectivity index (χ0) is 13.4. The van der Waals surface area contributed by atoms with Gasteiger partial charge < -0.3 is 9.47 Å². The van der Waals surface area contributed by atoms with E-state index in [4.69, 9.17) is 15.9 Å². The molecule has 0 N–H and O–H groups in total. The van der Waals surface area contributed by atoms with Crippen molar-refractivity contribution in [3.05, 3.63) is 23.3 Å². The lowest BCUT2D eigenvalue weighted by atomic mass is 10.1. The van der Waals surface area contributed by atoms with Crippen molar-refractivity contribution in [2.45, 2.75) is 39.5 Å². The predicted molar refractivity (Wildman–Crippen MR) is 75.3 cm³/mol. The lowest BCUT2D eigenvalue weighted by Gasteiger charge is -2.12. The minimum Gasteiger partial charge on any atom is -0.496 e. The summed E-state index contributed by atoms with van der Waals surface area (Å²) in [6.45, 7) is 4.88. The van der Waals surface area contributed by atoms with Crippen molar-refractivity contribution in [2.75, 3.05) is 13.7 Å². The molecule has 0 unspecified atom stereocenters. The van der Waals surface area contributed by atoms with E-state index in [2.05, 4.69) is 12.8 Å². The van der Waals surface area contributed by atoms with Gasteiger partial charge in [0.25, 0.3) is 0 Å². The normalized spacial score (nSPS) is 9.89. The number of methoxy groups -OCH3 is 1. The van der Waals surface area contributed by atoms with Crippen LogP contribution < -0.4 is 9.47 Å². The molecule has 0 aliphatic rings. The molecule has 0 amide bonds. The van der Waals surface area contributed by atoms with Crippen LogP contribution in [0.3, 0.4) is 0 Å². The van der Waals surface area contributed by atoms with Gasteiger partial charge in [-0.2, -0.15) is 0 Å². The summed E-state index contributed by atoms with van der Waals surface area (Å²) in [5, 5.41) is 0. The molecule has 98 valence electrons. The molecule has 0 aliphatic carbocycles. The first-order chi connectivity index (χ1) is 8.72. The molecule has 0 fully saturated rings. The van der Waals surface area contributed by atoms with E-state index in [1.807, 2.05) is 19.1 Å². The van der Waals surface area contributed by atoms with E-state index >= 15 is 0 Å². The molecule has 0 aromatic heterocycles. The molecule has 1 aromatic carbocycles. The molecule has 0 saturated heterocycles. The molecule has 0 bridgehead atoms. The highest BCUT2D eigenvalue weighted by Gasteiger charge is 2.07.